The van der Waals surface area contributed by atoms with E-state index in [1.165, 1.54) is 0 Å². The Morgan fingerprint density at radius 2 is 2.16 bits per heavy atom. The lowest BCUT2D eigenvalue weighted by Gasteiger charge is -2.39. The number of imidazole rings is 1. The van der Waals surface area contributed by atoms with Crippen molar-refractivity contribution in [2.24, 2.45) is 7.05 Å². The summed E-state index contributed by atoms with van der Waals surface area (Å²) in [6.07, 6.45) is 5.55. The standard InChI is InChI=1S/C18H26N6O/c1-15-12-23(9-10-24(15)13-17-20-7-8-22(17)2)14-18(25)21-11-16-5-3-4-6-19-16/h3-8,15H,9-14H2,1-2H3,(H,21,25)/t15-/m1/s1. The van der Waals surface area contributed by atoms with Crippen LogP contribution in [-0.4, -0.2) is 62.5 Å². The number of carbonyl (C=O) groups excluding carboxylic acids is 1. The summed E-state index contributed by atoms with van der Waals surface area (Å²) >= 11 is 0. The van der Waals surface area contributed by atoms with Crippen molar-refractivity contribution in [1.82, 2.24) is 29.7 Å². The van der Waals surface area contributed by atoms with Crippen LogP contribution in [0.3, 0.4) is 0 Å². The quantitative estimate of drug-likeness (QED) is 0.834. The highest BCUT2D eigenvalue weighted by Gasteiger charge is 2.25. The van der Waals surface area contributed by atoms with Crippen molar-refractivity contribution < 1.29 is 4.79 Å². The van der Waals surface area contributed by atoms with E-state index in [2.05, 4.69) is 36.6 Å². The van der Waals surface area contributed by atoms with Gasteiger partial charge < -0.3 is 9.88 Å². The summed E-state index contributed by atoms with van der Waals surface area (Å²) in [6.45, 7) is 6.71. The molecule has 0 saturated carbocycles. The molecule has 0 aliphatic carbocycles. The first kappa shape index (κ1) is 17.6. The van der Waals surface area contributed by atoms with Gasteiger partial charge in [0.05, 0.1) is 25.3 Å². The van der Waals surface area contributed by atoms with Crippen LogP contribution in [0, 0.1) is 0 Å². The fraction of sp³-hybridized carbons (Fsp3) is 0.500. The van der Waals surface area contributed by atoms with E-state index in [1.54, 1.807) is 6.20 Å². The summed E-state index contributed by atoms with van der Waals surface area (Å²) in [4.78, 5) is 25.4. The van der Waals surface area contributed by atoms with Crippen LogP contribution in [0.2, 0.25) is 0 Å². The van der Waals surface area contributed by atoms with E-state index < -0.39 is 0 Å². The summed E-state index contributed by atoms with van der Waals surface area (Å²) in [5.41, 5.74) is 0.879. The molecule has 1 aliphatic heterocycles. The minimum Gasteiger partial charge on any atom is -0.349 e. The monoisotopic (exact) mass is 342 g/mol. The molecule has 0 unspecified atom stereocenters. The number of nitrogens with zero attached hydrogens (tertiary/aromatic N) is 5. The number of carbonyl (C=O) groups is 1. The third-order valence-electron chi connectivity index (χ3n) is 4.67. The number of pyridine rings is 1. The van der Waals surface area contributed by atoms with E-state index in [0.29, 0.717) is 19.1 Å². The largest absolute Gasteiger partial charge is 0.349 e. The van der Waals surface area contributed by atoms with Gasteiger partial charge in [0, 0.05) is 51.3 Å². The highest BCUT2D eigenvalue weighted by atomic mass is 16.2. The summed E-state index contributed by atoms with van der Waals surface area (Å²) in [6, 6.07) is 6.11. The normalized spacial score (nSPS) is 19.0. The summed E-state index contributed by atoms with van der Waals surface area (Å²) < 4.78 is 2.06. The van der Waals surface area contributed by atoms with E-state index in [9.17, 15) is 4.79 Å². The molecule has 1 saturated heterocycles. The molecule has 1 amide bonds. The molecule has 1 atom stereocenters. The smallest absolute Gasteiger partial charge is 0.234 e. The summed E-state index contributed by atoms with van der Waals surface area (Å²) in [7, 11) is 2.02. The Balaban J connectivity index is 1.43. The molecule has 0 spiro atoms. The third-order valence-corrected chi connectivity index (χ3v) is 4.67. The average molecular weight is 342 g/mol. The molecular weight excluding hydrogens is 316 g/mol. The van der Waals surface area contributed by atoms with Gasteiger partial charge in [0.15, 0.2) is 0 Å². The highest BCUT2D eigenvalue weighted by Crippen LogP contribution is 2.12. The molecule has 1 fully saturated rings. The minimum absolute atomic E-state index is 0.0513. The van der Waals surface area contributed by atoms with Gasteiger partial charge in [-0.15, -0.1) is 0 Å². The molecule has 3 heterocycles. The Bertz CT molecular complexity index is 686. The van der Waals surface area contributed by atoms with Crippen LogP contribution in [0.25, 0.3) is 0 Å². The molecule has 134 valence electrons. The van der Waals surface area contributed by atoms with Crippen molar-refractivity contribution in [1.29, 1.82) is 0 Å². The van der Waals surface area contributed by atoms with Crippen LogP contribution >= 0.6 is 0 Å². The first-order valence-electron chi connectivity index (χ1n) is 8.71. The zero-order valence-electron chi connectivity index (χ0n) is 14.9. The maximum atomic E-state index is 12.2. The number of aryl methyl sites for hydroxylation is 1. The van der Waals surface area contributed by atoms with Gasteiger partial charge in [-0.25, -0.2) is 4.98 Å². The zero-order valence-corrected chi connectivity index (χ0v) is 14.9. The Kier molecular flexibility index (Phi) is 5.78. The van der Waals surface area contributed by atoms with Crippen molar-refractivity contribution >= 4 is 5.91 Å². The fourth-order valence-corrected chi connectivity index (χ4v) is 3.13. The average Bonchev–Trinajstić information content (AvgIpc) is 3.01. The topological polar surface area (TPSA) is 66.3 Å². The second kappa shape index (κ2) is 8.22. The molecular formula is C18H26N6O. The lowest BCUT2D eigenvalue weighted by atomic mass is 10.2. The zero-order chi connectivity index (χ0) is 17.6. The van der Waals surface area contributed by atoms with Crippen LogP contribution in [0.15, 0.2) is 36.8 Å². The predicted molar refractivity (Wildman–Crippen MR) is 95.6 cm³/mol. The molecule has 0 aromatic carbocycles. The molecule has 2 aromatic rings. The molecule has 1 N–H and O–H groups in total. The van der Waals surface area contributed by atoms with Gasteiger partial charge >= 0.3 is 0 Å². The molecule has 1 aliphatic rings. The van der Waals surface area contributed by atoms with Crippen LogP contribution in [0.1, 0.15) is 18.4 Å². The van der Waals surface area contributed by atoms with Gasteiger partial charge in [-0.05, 0) is 19.1 Å². The summed E-state index contributed by atoms with van der Waals surface area (Å²) in [5, 5.41) is 2.95. The van der Waals surface area contributed by atoms with Gasteiger partial charge in [0.1, 0.15) is 5.82 Å². The molecule has 7 heteroatoms. The number of hydrogen-bond acceptors (Lipinski definition) is 5. The van der Waals surface area contributed by atoms with Crippen molar-refractivity contribution in [3.63, 3.8) is 0 Å². The van der Waals surface area contributed by atoms with Gasteiger partial charge in [0.25, 0.3) is 0 Å². The van der Waals surface area contributed by atoms with E-state index in [1.807, 2.05) is 37.6 Å². The Morgan fingerprint density at radius 3 is 2.84 bits per heavy atom. The molecule has 0 radical (unpaired) electrons. The second-order valence-corrected chi connectivity index (χ2v) is 6.61. The lowest BCUT2D eigenvalue weighted by Crippen LogP contribution is -2.53. The van der Waals surface area contributed by atoms with E-state index in [0.717, 1.165) is 37.7 Å². The maximum absolute atomic E-state index is 12.2. The van der Waals surface area contributed by atoms with Gasteiger partial charge in [-0.3, -0.25) is 19.6 Å². The van der Waals surface area contributed by atoms with E-state index >= 15 is 0 Å². The first-order chi connectivity index (χ1) is 12.1. The number of amides is 1. The van der Waals surface area contributed by atoms with Crippen molar-refractivity contribution in [3.05, 3.63) is 48.3 Å². The summed E-state index contributed by atoms with van der Waals surface area (Å²) in [5.74, 6) is 1.13. The molecule has 3 rings (SSSR count). The van der Waals surface area contributed by atoms with Gasteiger partial charge in [-0.2, -0.15) is 0 Å². The van der Waals surface area contributed by atoms with Crippen LogP contribution in [0.5, 0.6) is 0 Å². The van der Waals surface area contributed by atoms with Crippen LogP contribution in [-0.2, 0) is 24.9 Å². The number of rotatable bonds is 6. The number of piperazine rings is 1. The van der Waals surface area contributed by atoms with Crippen molar-refractivity contribution in [2.45, 2.75) is 26.1 Å². The molecule has 0 bridgehead atoms. The van der Waals surface area contributed by atoms with E-state index in [-0.39, 0.29) is 5.91 Å². The Labute approximate surface area is 148 Å². The molecule has 2 aromatic heterocycles. The Hall–Kier alpha value is -2.25. The van der Waals surface area contributed by atoms with Crippen LogP contribution < -0.4 is 5.32 Å². The Morgan fingerprint density at radius 1 is 1.28 bits per heavy atom. The number of aromatic nitrogens is 3. The third kappa shape index (κ3) is 4.87. The molecule has 7 nitrogen and oxygen atoms in total. The molecule has 25 heavy (non-hydrogen) atoms. The van der Waals surface area contributed by atoms with Crippen molar-refractivity contribution in [3.8, 4) is 0 Å². The van der Waals surface area contributed by atoms with Crippen LogP contribution in [0.4, 0.5) is 0 Å². The van der Waals surface area contributed by atoms with Gasteiger partial charge in [-0.1, -0.05) is 6.07 Å². The number of hydrogen-bond donors (Lipinski definition) is 1. The maximum Gasteiger partial charge on any atom is 0.234 e. The SMILES string of the molecule is C[C@@H]1CN(CC(=O)NCc2ccccn2)CCN1Cc1nccn1C. The fourth-order valence-electron chi connectivity index (χ4n) is 3.13. The predicted octanol–water partition coefficient (Wildman–Crippen LogP) is 0.638. The van der Waals surface area contributed by atoms with Gasteiger partial charge in [0.2, 0.25) is 5.91 Å². The second-order valence-electron chi connectivity index (χ2n) is 6.61. The van der Waals surface area contributed by atoms with E-state index in [4.69, 9.17) is 0 Å². The number of nitrogens with one attached hydrogen (secondary N) is 1. The lowest BCUT2D eigenvalue weighted by molar-refractivity contribution is -0.123. The first-order valence-corrected chi connectivity index (χ1v) is 8.71. The highest BCUT2D eigenvalue weighted by molar-refractivity contribution is 5.77. The van der Waals surface area contributed by atoms with Crippen molar-refractivity contribution in [2.75, 3.05) is 26.2 Å². The minimum atomic E-state index is 0.0513.